The molecule has 0 aliphatic heterocycles. The highest BCUT2D eigenvalue weighted by Crippen LogP contribution is 2.18. The number of pyridine rings is 1. The van der Waals surface area contributed by atoms with Gasteiger partial charge in [-0.2, -0.15) is 0 Å². The summed E-state index contributed by atoms with van der Waals surface area (Å²) >= 11 is 0. The molecule has 1 aromatic carbocycles. The van der Waals surface area contributed by atoms with Gasteiger partial charge >= 0.3 is 0 Å². The molecule has 0 aliphatic carbocycles. The number of carbonyl (C=O) groups is 1. The van der Waals surface area contributed by atoms with Gasteiger partial charge in [0.05, 0.1) is 5.52 Å². The Labute approximate surface area is 101 Å². The normalized spacial score (nSPS) is 12.6. The summed E-state index contributed by atoms with van der Waals surface area (Å²) in [5.74, 6) is 0.140. The third kappa shape index (κ3) is 2.68. The maximum Gasteiger partial charge on any atom is 0.163 e. The van der Waals surface area contributed by atoms with E-state index in [1.807, 2.05) is 37.3 Å². The summed E-state index contributed by atoms with van der Waals surface area (Å²) in [6.07, 6.45) is 2.94. The maximum atomic E-state index is 12.1. The molecule has 0 bridgehead atoms. The molecule has 0 fully saturated rings. The predicted molar refractivity (Wildman–Crippen MR) is 69.0 cm³/mol. The van der Waals surface area contributed by atoms with Crippen molar-refractivity contribution in [2.75, 3.05) is 0 Å². The lowest BCUT2D eigenvalue weighted by Crippen LogP contribution is -2.16. The standard InChI is InChI=1S/C14H16N2O/c1-10(15)7-8-14(17)12-4-2-6-13-11(12)5-3-9-16-13/h2-6,9-10H,7-8,15H2,1H3. The lowest BCUT2D eigenvalue weighted by atomic mass is 10.0. The van der Waals surface area contributed by atoms with E-state index < -0.39 is 0 Å². The van der Waals surface area contributed by atoms with E-state index in [9.17, 15) is 4.79 Å². The van der Waals surface area contributed by atoms with Crippen molar-refractivity contribution < 1.29 is 4.79 Å². The van der Waals surface area contributed by atoms with Crippen LogP contribution in [0.4, 0.5) is 0 Å². The van der Waals surface area contributed by atoms with Crippen molar-refractivity contribution in [2.45, 2.75) is 25.8 Å². The highest BCUT2D eigenvalue weighted by atomic mass is 16.1. The first-order chi connectivity index (χ1) is 8.18. The number of nitrogens with zero attached hydrogens (tertiary/aromatic N) is 1. The van der Waals surface area contributed by atoms with Crippen LogP contribution in [0.15, 0.2) is 36.5 Å². The van der Waals surface area contributed by atoms with Gasteiger partial charge in [0, 0.05) is 29.6 Å². The van der Waals surface area contributed by atoms with Gasteiger partial charge in [0.1, 0.15) is 0 Å². The molecule has 88 valence electrons. The summed E-state index contributed by atoms with van der Waals surface area (Å²) < 4.78 is 0. The molecule has 0 saturated carbocycles. The smallest absolute Gasteiger partial charge is 0.163 e. The Kier molecular flexibility index (Phi) is 3.49. The molecule has 3 nitrogen and oxygen atoms in total. The molecule has 0 spiro atoms. The number of hydrogen-bond acceptors (Lipinski definition) is 3. The Hall–Kier alpha value is -1.74. The van der Waals surface area contributed by atoms with Crippen LogP contribution < -0.4 is 5.73 Å². The van der Waals surface area contributed by atoms with E-state index in [1.165, 1.54) is 0 Å². The average Bonchev–Trinajstić information content (AvgIpc) is 2.35. The van der Waals surface area contributed by atoms with Gasteiger partial charge in [0.15, 0.2) is 5.78 Å². The molecular weight excluding hydrogens is 212 g/mol. The van der Waals surface area contributed by atoms with Crippen molar-refractivity contribution >= 4 is 16.7 Å². The van der Waals surface area contributed by atoms with Gasteiger partial charge in [-0.05, 0) is 25.5 Å². The van der Waals surface area contributed by atoms with Crippen molar-refractivity contribution in [3.63, 3.8) is 0 Å². The van der Waals surface area contributed by atoms with Crippen LogP contribution in [-0.4, -0.2) is 16.8 Å². The summed E-state index contributed by atoms with van der Waals surface area (Å²) in [5, 5.41) is 0.921. The number of benzene rings is 1. The Morgan fingerprint density at radius 1 is 1.35 bits per heavy atom. The minimum atomic E-state index is 0.0621. The molecule has 0 radical (unpaired) electrons. The van der Waals surface area contributed by atoms with E-state index in [0.29, 0.717) is 6.42 Å². The van der Waals surface area contributed by atoms with Crippen LogP contribution in [0.3, 0.4) is 0 Å². The monoisotopic (exact) mass is 228 g/mol. The van der Waals surface area contributed by atoms with Crippen molar-refractivity contribution in [3.8, 4) is 0 Å². The number of hydrogen-bond donors (Lipinski definition) is 1. The van der Waals surface area contributed by atoms with Crippen LogP contribution >= 0.6 is 0 Å². The van der Waals surface area contributed by atoms with E-state index >= 15 is 0 Å². The number of carbonyl (C=O) groups excluding carboxylic acids is 1. The van der Waals surface area contributed by atoms with E-state index in [4.69, 9.17) is 5.73 Å². The Morgan fingerprint density at radius 3 is 2.94 bits per heavy atom. The Morgan fingerprint density at radius 2 is 2.18 bits per heavy atom. The van der Waals surface area contributed by atoms with Crippen LogP contribution in [0, 0.1) is 0 Å². The molecule has 3 heteroatoms. The summed E-state index contributed by atoms with van der Waals surface area (Å²) in [7, 11) is 0. The third-order valence-electron chi connectivity index (χ3n) is 2.77. The number of aromatic nitrogens is 1. The summed E-state index contributed by atoms with van der Waals surface area (Å²) in [6.45, 7) is 1.91. The van der Waals surface area contributed by atoms with Crippen LogP contribution in [-0.2, 0) is 0 Å². The van der Waals surface area contributed by atoms with Gasteiger partial charge < -0.3 is 5.73 Å². The number of ketones is 1. The summed E-state index contributed by atoms with van der Waals surface area (Å²) in [6, 6.07) is 9.48. The molecule has 1 unspecified atom stereocenters. The molecule has 0 aliphatic rings. The quantitative estimate of drug-likeness (QED) is 0.818. The lowest BCUT2D eigenvalue weighted by molar-refractivity contribution is 0.0979. The minimum Gasteiger partial charge on any atom is -0.328 e. The number of nitrogens with two attached hydrogens (primary N) is 1. The van der Waals surface area contributed by atoms with Gasteiger partial charge in [-0.1, -0.05) is 18.2 Å². The zero-order chi connectivity index (χ0) is 12.3. The molecule has 0 saturated heterocycles. The first-order valence-corrected chi connectivity index (χ1v) is 5.81. The topological polar surface area (TPSA) is 56.0 Å². The Balaban J connectivity index is 2.32. The van der Waals surface area contributed by atoms with Crippen molar-refractivity contribution in [1.29, 1.82) is 0 Å². The van der Waals surface area contributed by atoms with Crippen molar-refractivity contribution in [3.05, 3.63) is 42.1 Å². The fourth-order valence-electron chi connectivity index (χ4n) is 1.84. The molecule has 2 aromatic rings. The van der Waals surface area contributed by atoms with Gasteiger partial charge in [0.25, 0.3) is 0 Å². The van der Waals surface area contributed by atoms with E-state index in [0.717, 1.165) is 22.9 Å². The minimum absolute atomic E-state index is 0.0621. The largest absolute Gasteiger partial charge is 0.328 e. The predicted octanol–water partition coefficient (Wildman–Crippen LogP) is 2.54. The maximum absolute atomic E-state index is 12.1. The average molecular weight is 228 g/mol. The fraction of sp³-hybridized carbons (Fsp3) is 0.286. The molecule has 1 atom stereocenters. The van der Waals surface area contributed by atoms with E-state index in [2.05, 4.69) is 4.98 Å². The Bertz CT molecular complexity index is 529. The fourth-order valence-corrected chi connectivity index (χ4v) is 1.84. The molecular formula is C14H16N2O. The third-order valence-corrected chi connectivity index (χ3v) is 2.77. The first-order valence-electron chi connectivity index (χ1n) is 5.81. The van der Waals surface area contributed by atoms with Crippen LogP contribution in [0.25, 0.3) is 10.9 Å². The van der Waals surface area contributed by atoms with E-state index in [-0.39, 0.29) is 11.8 Å². The molecule has 1 heterocycles. The highest BCUT2D eigenvalue weighted by molar-refractivity contribution is 6.07. The molecule has 17 heavy (non-hydrogen) atoms. The summed E-state index contributed by atoms with van der Waals surface area (Å²) in [4.78, 5) is 16.3. The number of Topliss-reactive ketones (excluding diaryl/α,β-unsaturated/α-hetero) is 1. The van der Waals surface area contributed by atoms with Crippen LogP contribution in [0.1, 0.15) is 30.1 Å². The van der Waals surface area contributed by atoms with Crippen LogP contribution in [0.5, 0.6) is 0 Å². The number of rotatable bonds is 4. The second-order valence-corrected chi connectivity index (χ2v) is 4.31. The molecule has 2 N–H and O–H groups in total. The first kappa shape index (κ1) is 11.7. The van der Waals surface area contributed by atoms with Crippen molar-refractivity contribution in [1.82, 2.24) is 4.98 Å². The molecule has 1 aromatic heterocycles. The highest BCUT2D eigenvalue weighted by Gasteiger charge is 2.10. The van der Waals surface area contributed by atoms with Gasteiger partial charge in [0.2, 0.25) is 0 Å². The second-order valence-electron chi connectivity index (χ2n) is 4.31. The zero-order valence-corrected chi connectivity index (χ0v) is 9.89. The van der Waals surface area contributed by atoms with E-state index in [1.54, 1.807) is 6.20 Å². The molecule has 0 amide bonds. The SMILES string of the molecule is CC(N)CCC(=O)c1cccc2ncccc12. The van der Waals surface area contributed by atoms with Gasteiger partial charge in [-0.3, -0.25) is 9.78 Å². The van der Waals surface area contributed by atoms with Crippen molar-refractivity contribution in [2.24, 2.45) is 5.73 Å². The van der Waals surface area contributed by atoms with Gasteiger partial charge in [-0.25, -0.2) is 0 Å². The second kappa shape index (κ2) is 5.06. The summed E-state index contributed by atoms with van der Waals surface area (Å²) in [5.41, 5.74) is 7.27. The number of fused-ring (bicyclic) bond motifs is 1. The van der Waals surface area contributed by atoms with Gasteiger partial charge in [-0.15, -0.1) is 0 Å². The van der Waals surface area contributed by atoms with Crippen LogP contribution in [0.2, 0.25) is 0 Å². The lowest BCUT2D eigenvalue weighted by Gasteiger charge is -2.06. The molecule has 2 rings (SSSR count). The zero-order valence-electron chi connectivity index (χ0n) is 9.89.